The first-order chi connectivity index (χ1) is 10.3. The fourth-order valence-corrected chi connectivity index (χ4v) is 2.35. The number of aromatic hydroxyl groups is 1. The molecule has 0 aliphatic heterocycles. The van der Waals surface area contributed by atoms with E-state index in [-0.39, 0.29) is 5.75 Å². The molecule has 0 heterocycles. The summed E-state index contributed by atoms with van der Waals surface area (Å²) in [6.07, 6.45) is 0. The van der Waals surface area contributed by atoms with Crippen LogP contribution in [0.25, 0.3) is 22.3 Å². The Hall–Kier alpha value is -3.05. The van der Waals surface area contributed by atoms with Gasteiger partial charge in [-0.3, -0.25) is 0 Å². The van der Waals surface area contributed by atoms with Gasteiger partial charge < -0.3 is 5.11 Å². The Labute approximate surface area is 123 Å². The molecular weight excluding hydrogens is 258 g/mol. The molecular formula is C19H13NO. The molecule has 100 valence electrons. The number of rotatable bonds is 2. The molecule has 3 aromatic carbocycles. The highest BCUT2D eigenvalue weighted by molar-refractivity contribution is 5.74. The van der Waals surface area contributed by atoms with E-state index in [1.165, 1.54) is 6.07 Å². The molecule has 2 heteroatoms. The number of nitrogens with zero attached hydrogens (tertiary/aromatic N) is 1. The van der Waals surface area contributed by atoms with Crippen LogP contribution in [0, 0.1) is 11.3 Å². The highest BCUT2D eigenvalue weighted by Gasteiger charge is 2.04. The lowest BCUT2D eigenvalue weighted by Crippen LogP contribution is -1.83. The first-order valence-corrected chi connectivity index (χ1v) is 6.66. The number of hydrogen-bond donors (Lipinski definition) is 1. The topological polar surface area (TPSA) is 44.0 Å². The van der Waals surface area contributed by atoms with Crippen molar-refractivity contribution in [2.75, 3.05) is 0 Å². The van der Waals surface area contributed by atoms with E-state index in [0.29, 0.717) is 5.56 Å². The van der Waals surface area contributed by atoms with Crippen LogP contribution in [0.2, 0.25) is 0 Å². The van der Waals surface area contributed by atoms with Crippen LogP contribution in [0.15, 0.2) is 72.8 Å². The van der Waals surface area contributed by atoms with E-state index in [4.69, 9.17) is 5.26 Å². The molecule has 0 amide bonds. The van der Waals surface area contributed by atoms with Crippen molar-refractivity contribution in [3.05, 3.63) is 78.4 Å². The molecule has 0 bridgehead atoms. The first kappa shape index (κ1) is 13.0. The Bertz CT molecular complexity index is 816. The molecule has 0 atom stereocenters. The van der Waals surface area contributed by atoms with Crippen LogP contribution >= 0.6 is 0 Å². The number of nitriles is 1. The SMILES string of the molecule is N#Cc1cc(O)cc(-c2cccc(-c3ccccc3)c2)c1. The van der Waals surface area contributed by atoms with Gasteiger partial charge in [0.2, 0.25) is 0 Å². The molecule has 3 aromatic rings. The average Bonchev–Trinajstić information content (AvgIpc) is 2.55. The minimum atomic E-state index is 0.106. The van der Waals surface area contributed by atoms with Gasteiger partial charge in [0.25, 0.3) is 0 Å². The lowest BCUT2D eigenvalue weighted by Gasteiger charge is -2.07. The summed E-state index contributed by atoms with van der Waals surface area (Å²) in [6, 6.07) is 25.2. The number of hydrogen-bond acceptors (Lipinski definition) is 2. The van der Waals surface area contributed by atoms with Gasteiger partial charge in [-0.2, -0.15) is 5.26 Å². The lowest BCUT2D eigenvalue weighted by atomic mass is 9.98. The van der Waals surface area contributed by atoms with Crippen LogP contribution in [0.5, 0.6) is 5.75 Å². The minimum Gasteiger partial charge on any atom is -0.508 e. The Kier molecular flexibility index (Phi) is 3.41. The summed E-state index contributed by atoms with van der Waals surface area (Å²) in [6.45, 7) is 0. The number of phenols is 1. The van der Waals surface area contributed by atoms with E-state index in [2.05, 4.69) is 24.3 Å². The summed E-state index contributed by atoms with van der Waals surface area (Å²) in [7, 11) is 0. The highest BCUT2D eigenvalue weighted by atomic mass is 16.3. The molecule has 3 rings (SSSR count). The third-order valence-electron chi connectivity index (χ3n) is 3.35. The summed E-state index contributed by atoms with van der Waals surface area (Å²) in [5.74, 6) is 0.106. The second kappa shape index (κ2) is 5.52. The van der Waals surface area contributed by atoms with Gasteiger partial charge in [0.05, 0.1) is 11.6 Å². The summed E-state index contributed by atoms with van der Waals surface area (Å²) in [5.41, 5.74) is 4.51. The van der Waals surface area contributed by atoms with Crippen molar-refractivity contribution in [3.63, 3.8) is 0 Å². The van der Waals surface area contributed by atoms with E-state index < -0.39 is 0 Å². The second-order valence-corrected chi connectivity index (χ2v) is 4.83. The molecule has 0 aromatic heterocycles. The smallest absolute Gasteiger partial charge is 0.117 e. The summed E-state index contributed by atoms with van der Waals surface area (Å²) >= 11 is 0. The molecule has 2 nitrogen and oxygen atoms in total. The molecule has 0 saturated carbocycles. The summed E-state index contributed by atoms with van der Waals surface area (Å²) < 4.78 is 0. The predicted octanol–water partition coefficient (Wildman–Crippen LogP) is 4.60. The largest absolute Gasteiger partial charge is 0.508 e. The molecule has 21 heavy (non-hydrogen) atoms. The molecule has 0 unspecified atom stereocenters. The van der Waals surface area contributed by atoms with Crippen LogP contribution in [0.1, 0.15) is 5.56 Å². The van der Waals surface area contributed by atoms with Crippen LogP contribution in [0.3, 0.4) is 0 Å². The molecule has 0 radical (unpaired) electrons. The molecule has 0 fully saturated rings. The second-order valence-electron chi connectivity index (χ2n) is 4.83. The van der Waals surface area contributed by atoms with Gasteiger partial charge in [-0.15, -0.1) is 0 Å². The van der Waals surface area contributed by atoms with Gasteiger partial charge in [0.15, 0.2) is 0 Å². The van der Waals surface area contributed by atoms with Crippen molar-refractivity contribution in [2.45, 2.75) is 0 Å². The quantitative estimate of drug-likeness (QED) is 0.740. The van der Waals surface area contributed by atoms with Crippen LogP contribution < -0.4 is 0 Å². The molecule has 1 N–H and O–H groups in total. The Morgan fingerprint density at radius 1 is 0.667 bits per heavy atom. The van der Waals surface area contributed by atoms with Gasteiger partial charge in [-0.1, -0.05) is 48.5 Å². The van der Waals surface area contributed by atoms with E-state index >= 15 is 0 Å². The van der Waals surface area contributed by atoms with Crippen LogP contribution in [-0.4, -0.2) is 5.11 Å². The number of benzene rings is 3. The van der Waals surface area contributed by atoms with Crippen molar-refractivity contribution in [1.29, 1.82) is 5.26 Å². The third-order valence-corrected chi connectivity index (χ3v) is 3.35. The molecule has 0 aliphatic carbocycles. The fourth-order valence-electron chi connectivity index (χ4n) is 2.35. The lowest BCUT2D eigenvalue weighted by molar-refractivity contribution is 0.475. The maximum atomic E-state index is 9.72. The summed E-state index contributed by atoms with van der Waals surface area (Å²) in [4.78, 5) is 0. The van der Waals surface area contributed by atoms with Crippen molar-refractivity contribution >= 4 is 0 Å². The van der Waals surface area contributed by atoms with E-state index in [9.17, 15) is 5.11 Å². The zero-order valence-corrected chi connectivity index (χ0v) is 11.3. The molecule has 0 aliphatic rings. The van der Waals surface area contributed by atoms with Crippen LogP contribution in [0.4, 0.5) is 0 Å². The monoisotopic (exact) mass is 271 g/mol. The standard InChI is InChI=1S/C19H13NO/c20-13-14-9-18(12-19(21)10-14)17-8-4-7-16(11-17)15-5-2-1-3-6-15/h1-12,21H. The first-order valence-electron chi connectivity index (χ1n) is 6.66. The van der Waals surface area contributed by atoms with Gasteiger partial charge in [0.1, 0.15) is 5.75 Å². The van der Waals surface area contributed by atoms with Crippen LogP contribution in [-0.2, 0) is 0 Å². The fraction of sp³-hybridized carbons (Fsp3) is 0. The summed E-state index contributed by atoms with van der Waals surface area (Å²) in [5, 5.41) is 18.7. The Morgan fingerprint density at radius 3 is 2.05 bits per heavy atom. The molecule has 0 saturated heterocycles. The van der Waals surface area contributed by atoms with Crippen molar-refractivity contribution in [2.24, 2.45) is 0 Å². The van der Waals surface area contributed by atoms with Crippen molar-refractivity contribution < 1.29 is 5.11 Å². The third kappa shape index (κ3) is 2.77. The Balaban J connectivity index is 2.09. The maximum Gasteiger partial charge on any atom is 0.117 e. The number of phenolic OH excluding ortho intramolecular Hbond substituents is 1. The zero-order chi connectivity index (χ0) is 14.7. The van der Waals surface area contributed by atoms with E-state index in [0.717, 1.165) is 22.3 Å². The Morgan fingerprint density at radius 2 is 1.33 bits per heavy atom. The van der Waals surface area contributed by atoms with E-state index in [1.54, 1.807) is 12.1 Å². The van der Waals surface area contributed by atoms with Gasteiger partial charge in [-0.05, 0) is 46.5 Å². The highest BCUT2D eigenvalue weighted by Crippen LogP contribution is 2.29. The predicted molar refractivity (Wildman–Crippen MR) is 83.7 cm³/mol. The normalized spacial score (nSPS) is 10.0. The van der Waals surface area contributed by atoms with Gasteiger partial charge >= 0.3 is 0 Å². The zero-order valence-electron chi connectivity index (χ0n) is 11.3. The van der Waals surface area contributed by atoms with Gasteiger partial charge in [0, 0.05) is 0 Å². The van der Waals surface area contributed by atoms with E-state index in [1.807, 2.05) is 36.4 Å². The van der Waals surface area contributed by atoms with Crippen molar-refractivity contribution in [3.8, 4) is 34.1 Å². The average molecular weight is 271 g/mol. The minimum absolute atomic E-state index is 0.106. The maximum absolute atomic E-state index is 9.72. The van der Waals surface area contributed by atoms with Gasteiger partial charge in [-0.25, -0.2) is 0 Å². The van der Waals surface area contributed by atoms with Crippen molar-refractivity contribution in [1.82, 2.24) is 0 Å². The molecule has 0 spiro atoms.